The number of rotatable bonds is 3. The van der Waals surface area contributed by atoms with E-state index in [2.05, 4.69) is 22.6 Å². The van der Waals surface area contributed by atoms with Gasteiger partial charge in [-0.15, -0.1) is 0 Å². The average Bonchev–Trinajstić information content (AvgIpc) is 2.28. The lowest BCUT2D eigenvalue weighted by molar-refractivity contribution is 0.221. The summed E-state index contributed by atoms with van der Waals surface area (Å²) in [6, 6.07) is 1.46. The van der Waals surface area contributed by atoms with Crippen molar-refractivity contribution in [3.63, 3.8) is 0 Å². The predicted octanol–water partition coefficient (Wildman–Crippen LogP) is 0.812. The Morgan fingerprint density at radius 3 is 2.93 bits per heavy atom. The van der Waals surface area contributed by atoms with Crippen molar-refractivity contribution in [1.82, 2.24) is 15.5 Å². The Morgan fingerprint density at radius 2 is 2.20 bits per heavy atom. The first-order chi connectivity index (χ1) is 7.34. The highest BCUT2D eigenvalue weighted by molar-refractivity contribution is 4.80. The molecule has 0 aliphatic carbocycles. The van der Waals surface area contributed by atoms with Gasteiger partial charge in [-0.25, -0.2) is 0 Å². The van der Waals surface area contributed by atoms with Crippen LogP contribution in [-0.4, -0.2) is 50.2 Å². The van der Waals surface area contributed by atoms with E-state index in [1.165, 1.54) is 58.3 Å². The average molecular weight is 211 g/mol. The van der Waals surface area contributed by atoms with E-state index in [1.807, 2.05) is 0 Å². The molecule has 3 heteroatoms. The third-order valence-electron chi connectivity index (χ3n) is 3.69. The van der Waals surface area contributed by atoms with Crippen molar-refractivity contribution in [1.29, 1.82) is 0 Å². The molecule has 0 bridgehead atoms. The highest BCUT2D eigenvalue weighted by Gasteiger charge is 2.18. The van der Waals surface area contributed by atoms with Crippen LogP contribution in [-0.2, 0) is 0 Å². The summed E-state index contributed by atoms with van der Waals surface area (Å²) in [6.07, 6.45) is 6.84. The van der Waals surface area contributed by atoms with Gasteiger partial charge in [0.1, 0.15) is 0 Å². The quantitative estimate of drug-likeness (QED) is 0.723. The fourth-order valence-corrected chi connectivity index (χ4v) is 2.74. The minimum absolute atomic E-state index is 0.728. The molecule has 2 unspecified atom stereocenters. The number of likely N-dealkylation sites (N-methyl/N-ethyl adjacent to an activating group) is 1. The molecule has 0 aromatic heterocycles. The maximum atomic E-state index is 3.72. The summed E-state index contributed by atoms with van der Waals surface area (Å²) in [6.45, 7) is 4.89. The number of nitrogens with zero attached hydrogens (tertiary/aromatic N) is 1. The van der Waals surface area contributed by atoms with Gasteiger partial charge in [0.25, 0.3) is 0 Å². The number of piperidine rings is 2. The van der Waals surface area contributed by atoms with Crippen LogP contribution >= 0.6 is 0 Å². The van der Waals surface area contributed by atoms with Gasteiger partial charge in [0.2, 0.25) is 0 Å². The molecule has 0 saturated carbocycles. The van der Waals surface area contributed by atoms with Crippen LogP contribution in [0.3, 0.4) is 0 Å². The van der Waals surface area contributed by atoms with Crippen LogP contribution in [0, 0.1) is 0 Å². The zero-order valence-electron chi connectivity index (χ0n) is 9.97. The van der Waals surface area contributed by atoms with Gasteiger partial charge in [0.05, 0.1) is 0 Å². The van der Waals surface area contributed by atoms with E-state index in [1.54, 1.807) is 0 Å². The van der Waals surface area contributed by atoms with Crippen molar-refractivity contribution in [3.8, 4) is 0 Å². The Hall–Kier alpha value is -0.120. The van der Waals surface area contributed by atoms with E-state index < -0.39 is 0 Å². The Morgan fingerprint density at radius 1 is 1.27 bits per heavy atom. The lowest BCUT2D eigenvalue weighted by Crippen LogP contribution is -2.49. The van der Waals surface area contributed by atoms with E-state index in [4.69, 9.17) is 0 Å². The van der Waals surface area contributed by atoms with Crippen molar-refractivity contribution in [2.24, 2.45) is 0 Å². The second-order valence-corrected chi connectivity index (χ2v) is 5.16. The molecule has 2 saturated heterocycles. The maximum absolute atomic E-state index is 3.72. The summed E-state index contributed by atoms with van der Waals surface area (Å²) in [4.78, 5) is 2.44. The summed E-state index contributed by atoms with van der Waals surface area (Å²) in [5.74, 6) is 0. The van der Waals surface area contributed by atoms with Gasteiger partial charge >= 0.3 is 0 Å². The molecule has 2 atom stereocenters. The number of hydrogen-bond donors (Lipinski definition) is 2. The molecule has 0 amide bonds. The molecule has 2 heterocycles. The second kappa shape index (κ2) is 5.83. The Kier molecular flexibility index (Phi) is 4.42. The van der Waals surface area contributed by atoms with Gasteiger partial charge in [0, 0.05) is 25.2 Å². The molecule has 2 aliphatic rings. The van der Waals surface area contributed by atoms with Gasteiger partial charge in [-0.3, -0.25) is 0 Å². The smallest absolute Gasteiger partial charge is 0.0196 e. The molecule has 15 heavy (non-hydrogen) atoms. The third-order valence-corrected chi connectivity index (χ3v) is 3.69. The van der Waals surface area contributed by atoms with Crippen LogP contribution in [0.5, 0.6) is 0 Å². The van der Waals surface area contributed by atoms with Gasteiger partial charge in [-0.05, 0) is 45.8 Å². The largest absolute Gasteiger partial charge is 0.313 e. The molecule has 88 valence electrons. The van der Waals surface area contributed by atoms with Crippen LogP contribution < -0.4 is 10.6 Å². The lowest BCUT2D eigenvalue weighted by atomic mass is 10.0. The zero-order chi connectivity index (χ0) is 10.5. The molecule has 2 aliphatic heterocycles. The molecular formula is C12H25N3. The van der Waals surface area contributed by atoms with Gasteiger partial charge < -0.3 is 15.5 Å². The molecular weight excluding hydrogens is 186 g/mol. The standard InChI is InChI=1S/C12H25N3/c1-15-8-4-6-12(10-15)14-9-11-5-2-3-7-13-11/h11-14H,2-10H2,1H3. The summed E-state index contributed by atoms with van der Waals surface area (Å²) < 4.78 is 0. The number of likely N-dealkylation sites (tertiary alicyclic amines) is 1. The van der Waals surface area contributed by atoms with E-state index in [-0.39, 0.29) is 0 Å². The minimum atomic E-state index is 0.728. The Bertz CT molecular complexity index is 178. The van der Waals surface area contributed by atoms with E-state index in [9.17, 15) is 0 Å². The molecule has 2 fully saturated rings. The van der Waals surface area contributed by atoms with Crippen molar-refractivity contribution in [2.75, 3.05) is 33.2 Å². The molecule has 0 aromatic rings. The topological polar surface area (TPSA) is 27.3 Å². The highest BCUT2D eigenvalue weighted by atomic mass is 15.1. The summed E-state index contributed by atoms with van der Waals surface area (Å²) in [7, 11) is 2.23. The number of hydrogen-bond acceptors (Lipinski definition) is 3. The van der Waals surface area contributed by atoms with Crippen molar-refractivity contribution < 1.29 is 0 Å². The monoisotopic (exact) mass is 211 g/mol. The molecule has 0 radical (unpaired) electrons. The van der Waals surface area contributed by atoms with Crippen LogP contribution in [0.4, 0.5) is 0 Å². The van der Waals surface area contributed by atoms with Gasteiger partial charge in [0.15, 0.2) is 0 Å². The van der Waals surface area contributed by atoms with Crippen LogP contribution in [0.2, 0.25) is 0 Å². The van der Waals surface area contributed by atoms with Crippen molar-refractivity contribution in [3.05, 3.63) is 0 Å². The number of nitrogens with one attached hydrogen (secondary N) is 2. The summed E-state index contributed by atoms with van der Waals surface area (Å²) >= 11 is 0. The van der Waals surface area contributed by atoms with Gasteiger partial charge in [-0.2, -0.15) is 0 Å². The molecule has 0 spiro atoms. The molecule has 0 aromatic carbocycles. The summed E-state index contributed by atoms with van der Waals surface area (Å²) in [5, 5.41) is 7.31. The van der Waals surface area contributed by atoms with Crippen molar-refractivity contribution >= 4 is 0 Å². The first-order valence-electron chi connectivity index (χ1n) is 6.50. The van der Waals surface area contributed by atoms with Crippen LogP contribution in [0.15, 0.2) is 0 Å². The fraction of sp³-hybridized carbons (Fsp3) is 1.00. The first-order valence-corrected chi connectivity index (χ1v) is 6.50. The van der Waals surface area contributed by atoms with Crippen LogP contribution in [0.25, 0.3) is 0 Å². The van der Waals surface area contributed by atoms with Crippen LogP contribution in [0.1, 0.15) is 32.1 Å². The SMILES string of the molecule is CN1CCCC(NCC2CCCCN2)C1. The van der Waals surface area contributed by atoms with E-state index in [0.717, 1.165) is 12.1 Å². The predicted molar refractivity (Wildman–Crippen MR) is 64.2 cm³/mol. The second-order valence-electron chi connectivity index (χ2n) is 5.16. The normalized spacial score (nSPS) is 34.2. The molecule has 3 nitrogen and oxygen atoms in total. The Labute approximate surface area is 93.6 Å². The zero-order valence-corrected chi connectivity index (χ0v) is 9.97. The Balaban J connectivity index is 1.63. The van der Waals surface area contributed by atoms with E-state index >= 15 is 0 Å². The summed E-state index contributed by atoms with van der Waals surface area (Å²) in [5.41, 5.74) is 0. The molecule has 2 N–H and O–H groups in total. The third kappa shape index (κ3) is 3.74. The van der Waals surface area contributed by atoms with E-state index in [0.29, 0.717) is 0 Å². The van der Waals surface area contributed by atoms with Gasteiger partial charge in [-0.1, -0.05) is 6.42 Å². The maximum Gasteiger partial charge on any atom is 0.0196 e. The minimum Gasteiger partial charge on any atom is -0.313 e. The lowest BCUT2D eigenvalue weighted by Gasteiger charge is -2.32. The fourth-order valence-electron chi connectivity index (χ4n) is 2.74. The first kappa shape index (κ1) is 11.4. The molecule has 2 rings (SSSR count). The van der Waals surface area contributed by atoms with Crippen molar-refractivity contribution in [2.45, 2.75) is 44.2 Å². The highest BCUT2D eigenvalue weighted by Crippen LogP contribution is 2.10.